The fourth-order valence-electron chi connectivity index (χ4n) is 8.24. The Kier molecular flexibility index (Phi) is 33.2. The molecule has 1 heterocycles. The summed E-state index contributed by atoms with van der Waals surface area (Å²) in [5.41, 5.74) is 22.4. The minimum atomic E-state index is -2.85. The van der Waals surface area contributed by atoms with Gasteiger partial charge in [0.15, 0.2) is 23.9 Å². The SMILES string of the molecule is CC=C1NC(=O)[C@H](Cc2ccccc2)NC(=O)[C@H](CCCN=C(N)N)NC(=O)[C@@H](CCN)NC(=O)C(CCN)NC(=O)[C@@H](CO)NC(=O)C(C(=O)CC(O)CCCCCCCCC)OC(=O)C(C(O)CCl)NC(=O)[C@H](C(O)C(=O)O)NC1=O. The minimum Gasteiger partial charge on any atom is -0.479 e. The number of aliphatic hydroxyl groups is 4. The lowest BCUT2D eigenvalue weighted by atomic mass is 10.0. The van der Waals surface area contributed by atoms with Gasteiger partial charge in [-0.3, -0.25) is 48.1 Å². The van der Waals surface area contributed by atoms with E-state index in [-0.39, 0.29) is 64.1 Å². The van der Waals surface area contributed by atoms with Gasteiger partial charge < -0.3 is 95.7 Å². The number of nitrogens with zero attached hydrogens (tertiary/aromatic N) is 1. The number of ether oxygens (including phenoxy) is 1. The number of carboxylic acids is 1. The first-order valence-corrected chi connectivity index (χ1v) is 27.8. The maximum absolute atomic E-state index is 14.3. The number of esters is 1. The Morgan fingerprint density at radius 2 is 1.20 bits per heavy atom. The van der Waals surface area contributed by atoms with E-state index in [0.29, 0.717) is 18.4 Å². The van der Waals surface area contributed by atoms with E-state index >= 15 is 0 Å². The van der Waals surface area contributed by atoms with Crippen LogP contribution in [0.4, 0.5) is 0 Å². The van der Waals surface area contributed by atoms with Crippen molar-refractivity contribution in [3.05, 3.63) is 47.7 Å². The summed E-state index contributed by atoms with van der Waals surface area (Å²) in [6, 6.07) is -5.35. The Labute approximate surface area is 484 Å². The highest BCUT2D eigenvalue weighted by atomic mass is 35.5. The molecule has 1 aliphatic rings. The summed E-state index contributed by atoms with van der Waals surface area (Å²) in [4.78, 5) is 157. The van der Waals surface area contributed by atoms with Crippen LogP contribution in [0.25, 0.3) is 0 Å². The van der Waals surface area contributed by atoms with Gasteiger partial charge in [0.25, 0.3) is 11.8 Å². The highest BCUT2D eigenvalue weighted by Gasteiger charge is 2.42. The molecule has 1 fully saturated rings. The van der Waals surface area contributed by atoms with Crippen LogP contribution in [0.1, 0.15) is 103 Å². The highest BCUT2D eigenvalue weighted by molar-refractivity contribution is 6.18. The molecule has 0 spiro atoms. The molecule has 0 radical (unpaired) electrons. The van der Waals surface area contributed by atoms with Crippen LogP contribution in [-0.4, -0.2) is 195 Å². The number of halogens is 1. The molecule has 0 aromatic heterocycles. The topological polar surface area (TPSA) is 511 Å². The lowest BCUT2D eigenvalue weighted by molar-refractivity contribution is -0.166. The smallest absolute Gasteiger partial charge is 0.335 e. The summed E-state index contributed by atoms with van der Waals surface area (Å²) in [5.74, 6) is -16.8. The average Bonchev–Trinajstić information content (AvgIpc) is 3.52. The first-order valence-electron chi connectivity index (χ1n) is 27.2. The van der Waals surface area contributed by atoms with Gasteiger partial charge in [-0.1, -0.05) is 88.3 Å². The van der Waals surface area contributed by atoms with Crippen molar-refractivity contribution >= 4 is 82.5 Å². The second-order valence-corrected chi connectivity index (χ2v) is 19.8. The van der Waals surface area contributed by atoms with Crippen LogP contribution in [0.3, 0.4) is 0 Å². The van der Waals surface area contributed by atoms with E-state index in [4.69, 9.17) is 39.3 Å². The van der Waals surface area contributed by atoms with Gasteiger partial charge >= 0.3 is 11.9 Å². The lowest BCUT2D eigenvalue weighted by Crippen LogP contribution is -2.62. The number of Topliss-reactive ketones (excluding diaryl/α,β-unsaturated/α-hetero) is 1. The highest BCUT2D eigenvalue weighted by Crippen LogP contribution is 2.15. The van der Waals surface area contributed by atoms with E-state index in [1.54, 1.807) is 30.3 Å². The second kappa shape index (κ2) is 38.4. The van der Waals surface area contributed by atoms with Crippen molar-refractivity contribution in [3.8, 4) is 0 Å². The van der Waals surface area contributed by atoms with Crippen LogP contribution >= 0.6 is 11.6 Å². The number of cyclic esters (lactones) is 1. The molecule has 83 heavy (non-hydrogen) atoms. The summed E-state index contributed by atoms with van der Waals surface area (Å²) in [7, 11) is 0. The standard InChI is InChI=1S/C52H82ClN13O17/c1-3-5-6-7-8-9-13-17-29(68)25-36(69)41-49(79)64-35(27-67)47(77)62-33(20-22-55)45(75)61-32(19-21-54)44(74)60-31(18-14-23-58-52(56)57)43(73)63-34(24-28-15-11-10-12-16-28)46(76)59-30(4-2)42(72)66-39(40(71)50(80)81)48(78)65-38(37(70)26-53)51(82)83-41/h4,10-12,15-16,29,31-35,37-41,67-68,70-71H,3,5-9,13-14,17-27,54-55H2,1-2H3,(H,59,76)(H,60,74)(H,61,75)(H,62,77)(H,63,73)(H,64,79)(H,65,78)(H,66,72)(H,80,81)(H4,56,57,58)/t29?,31-,32+,33?,34-,35+,37?,38?,39-,40?,41?/m0/s1. The molecule has 11 atom stereocenters. The van der Waals surface area contributed by atoms with Gasteiger partial charge in [0.1, 0.15) is 41.9 Å². The molecular formula is C52H82ClN13O17. The maximum Gasteiger partial charge on any atom is 0.335 e. The number of allylic oxidation sites excluding steroid dienone is 1. The van der Waals surface area contributed by atoms with Crippen molar-refractivity contribution in [2.24, 2.45) is 27.9 Å². The molecule has 464 valence electrons. The second-order valence-electron chi connectivity index (χ2n) is 19.5. The van der Waals surface area contributed by atoms with Crippen LogP contribution in [0, 0.1) is 0 Å². The number of aliphatic imine (C=N–C) groups is 1. The van der Waals surface area contributed by atoms with E-state index in [9.17, 15) is 78.3 Å². The molecule has 0 saturated carbocycles. The van der Waals surface area contributed by atoms with Gasteiger partial charge in [-0.15, -0.1) is 11.6 Å². The number of rotatable bonds is 26. The molecule has 0 aliphatic carbocycles. The molecule has 21 N–H and O–H groups in total. The van der Waals surface area contributed by atoms with Gasteiger partial charge in [-0.05, 0) is 57.7 Å². The molecular weight excluding hydrogens is 1110 g/mol. The lowest BCUT2D eigenvalue weighted by Gasteiger charge is -2.28. The van der Waals surface area contributed by atoms with Gasteiger partial charge in [0.2, 0.25) is 41.5 Å². The average molecular weight is 1200 g/mol. The molecule has 1 aliphatic heterocycles. The number of alkyl halides is 1. The van der Waals surface area contributed by atoms with Gasteiger partial charge in [-0.2, -0.15) is 0 Å². The van der Waals surface area contributed by atoms with Gasteiger partial charge in [0.05, 0.1) is 24.7 Å². The molecule has 0 bridgehead atoms. The zero-order chi connectivity index (χ0) is 62.2. The van der Waals surface area contributed by atoms with Gasteiger partial charge in [0, 0.05) is 19.4 Å². The fraction of sp³-hybridized carbons (Fsp3) is 0.615. The van der Waals surface area contributed by atoms with E-state index in [0.717, 1.165) is 38.2 Å². The number of unbranched alkanes of at least 4 members (excludes halogenated alkanes) is 6. The van der Waals surface area contributed by atoms with E-state index < -0.39 is 156 Å². The summed E-state index contributed by atoms with van der Waals surface area (Å²) >= 11 is 5.89. The normalized spacial score (nSPS) is 23.9. The Hall–Kier alpha value is -7.35. The summed E-state index contributed by atoms with van der Waals surface area (Å²) in [6.45, 7) is 1.45. The van der Waals surface area contributed by atoms with Crippen LogP contribution in [-0.2, 0) is 63.9 Å². The predicted molar refractivity (Wildman–Crippen MR) is 298 cm³/mol. The molecule has 6 unspecified atom stereocenters. The van der Waals surface area contributed by atoms with Crippen LogP contribution in [0.2, 0.25) is 0 Å². The van der Waals surface area contributed by atoms with Crippen molar-refractivity contribution in [2.75, 3.05) is 32.1 Å². The molecule has 31 heteroatoms. The summed E-state index contributed by atoms with van der Waals surface area (Å²) in [5, 5.41) is 70.9. The van der Waals surface area contributed by atoms with Crippen molar-refractivity contribution in [1.82, 2.24) is 42.5 Å². The monoisotopic (exact) mass is 1200 g/mol. The molecule has 30 nitrogen and oxygen atoms in total. The van der Waals surface area contributed by atoms with Gasteiger partial charge in [-0.25, -0.2) is 9.59 Å². The van der Waals surface area contributed by atoms with Crippen molar-refractivity contribution in [1.29, 1.82) is 0 Å². The Balaban J connectivity index is 2.87. The summed E-state index contributed by atoms with van der Waals surface area (Å²) < 4.78 is 5.27. The number of aliphatic carboxylic acids is 1. The zero-order valence-corrected chi connectivity index (χ0v) is 47.3. The Bertz CT molecular complexity index is 2400. The number of ketones is 1. The number of hydrogen-bond acceptors (Lipinski definition) is 19. The first-order chi connectivity index (χ1) is 39.5. The number of carboxylic acid groups (broad SMARTS) is 1. The number of hydrogen-bond donors (Lipinski definition) is 17. The fourth-order valence-corrected chi connectivity index (χ4v) is 8.42. The van der Waals surface area contributed by atoms with Crippen LogP contribution in [0.15, 0.2) is 47.1 Å². The third-order valence-electron chi connectivity index (χ3n) is 12.9. The summed E-state index contributed by atoms with van der Waals surface area (Å²) in [6.07, 6.45) is -4.15. The number of nitrogens with one attached hydrogen (secondary N) is 8. The molecule has 8 amide bonds. The number of carbonyl (C=O) groups is 11. The quantitative estimate of drug-likeness (QED) is 0.00784. The number of guanidine groups is 1. The molecule has 1 aromatic carbocycles. The molecule has 2 rings (SSSR count). The number of nitrogens with two attached hydrogens (primary N) is 4. The minimum absolute atomic E-state index is 0.0354. The number of benzene rings is 1. The maximum atomic E-state index is 14.3. The Morgan fingerprint density at radius 1 is 0.675 bits per heavy atom. The molecule has 1 saturated heterocycles. The van der Waals surface area contributed by atoms with E-state index in [1.165, 1.54) is 6.92 Å². The Morgan fingerprint density at radius 3 is 1.72 bits per heavy atom. The number of aliphatic hydroxyl groups excluding tert-OH is 4. The predicted octanol–water partition coefficient (Wildman–Crippen LogP) is -5.18. The van der Waals surface area contributed by atoms with Crippen molar-refractivity contribution < 1.29 is 83.0 Å². The third-order valence-corrected chi connectivity index (χ3v) is 13.2. The first kappa shape index (κ1) is 71.8. The van der Waals surface area contributed by atoms with Crippen molar-refractivity contribution in [3.63, 3.8) is 0 Å². The number of amides is 8. The van der Waals surface area contributed by atoms with Crippen molar-refractivity contribution in [2.45, 2.75) is 170 Å². The van der Waals surface area contributed by atoms with E-state index in [1.807, 2.05) is 16.0 Å². The van der Waals surface area contributed by atoms with Crippen LogP contribution in [0.5, 0.6) is 0 Å². The largest absolute Gasteiger partial charge is 0.479 e. The van der Waals surface area contributed by atoms with Crippen LogP contribution < -0.4 is 65.5 Å². The zero-order valence-electron chi connectivity index (χ0n) is 46.5. The third kappa shape index (κ3) is 25.4. The molecule has 1 aromatic rings. The van der Waals surface area contributed by atoms with E-state index in [2.05, 4.69) is 38.5 Å². The number of carbonyl (C=O) groups excluding carboxylic acids is 10.